The maximum atomic E-state index is 12.0. The molecule has 0 aromatic heterocycles. The number of rotatable bonds is 12. The van der Waals surface area contributed by atoms with Gasteiger partial charge in [0, 0.05) is 18.8 Å². The number of allylic oxidation sites excluding steroid dienone is 4. The third kappa shape index (κ3) is 7.97. The van der Waals surface area contributed by atoms with Crippen LogP contribution < -0.4 is 0 Å². The second-order valence-corrected chi connectivity index (χ2v) is 6.92. The van der Waals surface area contributed by atoms with Gasteiger partial charge in [-0.05, 0) is 38.0 Å². The zero-order valence-corrected chi connectivity index (χ0v) is 15.2. The van der Waals surface area contributed by atoms with E-state index in [1.54, 1.807) is 6.08 Å². The molecule has 25 heavy (non-hydrogen) atoms. The van der Waals surface area contributed by atoms with Crippen LogP contribution in [0.2, 0.25) is 0 Å². The molecule has 3 N–H and O–H groups in total. The lowest BCUT2D eigenvalue weighted by atomic mass is 9.91. The molecular weight excluding hydrogens is 320 g/mol. The average Bonchev–Trinajstić information content (AvgIpc) is 2.90. The number of ketones is 1. The molecule has 0 amide bonds. The maximum absolute atomic E-state index is 12.0. The fraction of sp³-hybridized carbons (Fsp3) is 0.700. The van der Waals surface area contributed by atoms with E-state index in [0.717, 1.165) is 12.8 Å². The number of carbonyl (C=O) groups is 2. The Labute approximate surface area is 150 Å². The van der Waals surface area contributed by atoms with Crippen LogP contribution in [0.4, 0.5) is 0 Å². The van der Waals surface area contributed by atoms with Crippen molar-refractivity contribution in [3.63, 3.8) is 0 Å². The first kappa shape index (κ1) is 21.6. The van der Waals surface area contributed by atoms with Gasteiger partial charge in [0.05, 0.1) is 0 Å². The van der Waals surface area contributed by atoms with E-state index in [1.165, 1.54) is 25.7 Å². The van der Waals surface area contributed by atoms with Crippen LogP contribution in [0.5, 0.6) is 0 Å². The summed E-state index contributed by atoms with van der Waals surface area (Å²) < 4.78 is 0. The van der Waals surface area contributed by atoms with Gasteiger partial charge in [0.1, 0.15) is 5.78 Å². The summed E-state index contributed by atoms with van der Waals surface area (Å²) in [5, 5.41) is 27.1. The van der Waals surface area contributed by atoms with Crippen molar-refractivity contribution in [2.24, 2.45) is 11.8 Å². The first-order valence-electron chi connectivity index (χ1n) is 9.41. The number of aliphatic carboxylic acids is 1. The summed E-state index contributed by atoms with van der Waals surface area (Å²) in [6.07, 6.45) is 16.1. The summed E-state index contributed by atoms with van der Waals surface area (Å²) in [5.41, 5.74) is 0. The third-order valence-corrected chi connectivity index (χ3v) is 4.82. The normalized spacial score (nSPS) is 21.6. The fourth-order valence-corrected chi connectivity index (χ4v) is 3.18. The third-order valence-electron chi connectivity index (χ3n) is 4.82. The van der Waals surface area contributed by atoms with Gasteiger partial charge in [0.2, 0.25) is 0 Å². The van der Waals surface area contributed by atoms with Crippen LogP contribution in [0.1, 0.15) is 71.1 Å². The lowest BCUT2D eigenvalue weighted by Crippen LogP contribution is -2.37. The van der Waals surface area contributed by atoms with E-state index < -0.39 is 11.8 Å². The zero-order chi connectivity index (χ0) is 18.7. The molecule has 1 aliphatic rings. The predicted octanol–water partition coefficient (Wildman–Crippen LogP) is 3.60. The molecule has 0 radical (unpaired) electrons. The number of unbranched alkanes of at least 4 members (excludes halogenated alkanes) is 4. The predicted molar refractivity (Wildman–Crippen MR) is 96.9 cm³/mol. The summed E-state index contributed by atoms with van der Waals surface area (Å²) in [4.78, 5) is 22.6. The van der Waals surface area contributed by atoms with Gasteiger partial charge in [0.15, 0.2) is 0 Å². The van der Waals surface area contributed by atoms with E-state index in [-0.39, 0.29) is 30.5 Å². The molecular formula is C20H32O5. The van der Waals surface area contributed by atoms with E-state index in [2.05, 4.69) is 19.1 Å². The molecule has 0 bridgehead atoms. The summed E-state index contributed by atoms with van der Waals surface area (Å²) in [6, 6.07) is 0. The number of carbonyl (C=O) groups excluding carboxylic acids is 1. The Morgan fingerprint density at radius 2 is 1.92 bits per heavy atom. The molecule has 1 aliphatic carbocycles. The van der Waals surface area contributed by atoms with E-state index in [0.29, 0.717) is 12.8 Å². The Kier molecular flexibility index (Phi) is 9.68. The minimum absolute atomic E-state index is 0.00405. The molecule has 0 aliphatic heterocycles. The van der Waals surface area contributed by atoms with Crippen molar-refractivity contribution in [3.05, 3.63) is 24.3 Å². The summed E-state index contributed by atoms with van der Waals surface area (Å²) >= 11 is 0. The van der Waals surface area contributed by atoms with Crippen LogP contribution in [-0.4, -0.2) is 32.9 Å². The zero-order valence-electron chi connectivity index (χ0n) is 15.2. The molecule has 0 aromatic carbocycles. The van der Waals surface area contributed by atoms with Crippen LogP contribution in [0.25, 0.3) is 0 Å². The molecule has 142 valence electrons. The second-order valence-electron chi connectivity index (χ2n) is 6.92. The highest BCUT2D eigenvalue weighted by atomic mass is 16.5. The highest BCUT2D eigenvalue weighted by Gasteiger charge is 2.32. The lowest BCUT2D eigenvalue weighted by molar-refractivity contribution is -0.205. The van der Waals surface area contributed by atoms with Gasteiger partial charge in [-0.2, -0.15) is 0 Å². The SMILES string of the molecule is CCCCCCC=C[C@H]1CCC(=O)[C@@H]1CC=CCCC(O)(O)C(=O)O. The fourth-order valence-electron chi connectivity index (χ4n) is 3.18. The quantitative estimate of drug-likeness (QED) is 0.283. The van der Waals surface area contributed by atoms with Gasteiger partial charge >= 0.3 is 5.97 Å². The Hall–Kier alpha value is -1.46. The van der Waals surface area contributed by atoms with Crippen molar-refractivity contribution < 1.29 is 24.9 Å². The Balaban J connectivity index is 2.36. The van der Waals surface area contributed by atoms with Crippen molar-refractivity contribution >= 4 is 11.8 Å². The van der Waals surface area contributed by atoms with Gasteiger partial charge < -0.3 is 15.3 Å². The van der Waals surface area contributed by atoms with Gasteiger partial charge in [0.25, 0.3) is 5.79 Å². The smallest absolute Gasteiger partial charge is 0.364 e. The Morgan fingerprint density at radius 1 is 1.16 bits per heavy atom. The molecule has 0 aromatic rings. The van der Waals surface area contributed by atoms with Gasteiger partial charge in [-0.25, -0.2) is 4.79 Å². The molecule has 1 fully saturated rings. The van der Waals surface area contributed by atoms with Crippen LogP contribution >= 0.6 is 0 Å². The number of hydrogen-bond donors (Lipinski definition) is 3. The standard InChI is InChI=1S/C20H32O5/c1-2-3-4-5-6-8-11-16-13-14-18(21)17(16)12-9-7-10-15-20(24,25)19(22)23/h7-9,11,16-17,24-25H,2-6,10,12-15H2,1H3,(H,22,23)/t16-,17+/m0/s1. The number of carboxylic acids is 1. The monoisotopic (exact) mass is 352 g/mol. The van der Waals surface area contributed by atoms with Crippen molar-refractivity contribution in [2.75, 3.05) is 0 Å². The number of hydrogen-bond acceptors (Lipinski definition) is 4. The summed E-state index contributed by atoms with van der Waals surface area (Å²) in [7, 11) is 0. The van der Waals surface area contributed by atoms with Crippen molar-refractivity contribution in [3.8, 4) is 0 Å². The summed E-state index contributed by atoms with van der Waals surface area (Å²) in [6.45, 7) is 2.20. The molecule has 1 saturated carbocycles. The first-order chi connectivity index (χ1) is 11.9. The molecule has 1 rings (SSSR count). The molecule has 0 spiro atoms. The second kappa shape index (κ2) is 11.2. The molecule has 0 saturated heterocycles. The minimum atomic E-state index is -2.68. The maximum Gasteiger partial charge on any atom is 0.364 e. The summed E-state index contributed by atoms with van der Waals surface area (Å²) in [5.74, 6) is -3.76. The van der Waals surface area contributed by atoms with E-state index in [1.807, 2.05) is 6.08 Å². The highest BCUT2D eigenvalue weighted by Crippen LogP contribution is 2.33. The van der Waals surface area contributed by atoms with Crippen LogP contribution in [0, 0.1) is 11.8 Å². The van der Waals surface area contributed by atoms with E-state index >= 15 is 0 Å². The van der Waals surface area contributed by atoms with Gasteiger partial charge in [-0.15, -0.1) is 0 Å². The highest BCUT2D eigenvalue weighted by molar-refractivity contribution is 5.83. The van der Waals surface area contributed by atoms with Crippen molar-refractivity contribution in [2.45, 2.75) is 76.9 Å². The van der Waals surface area contributed by atoms with Gasteiger partial charge in [-0.1, -0.05) is 50.5 Å². The van der Waals surface area contributed by atoms with Gasteiger partial charge in [-0.3, -0.25) is 4.79 Å². The molecule has 5 nitrogen and oxygen atoms in total. The van der Waals surface area contributed by atoms with Crippen LogP contribution in [0.3, 0.4) is 0 Å². The van der Waals surface area contributed by atoms with Crippen LogP contribution in [0.15, 0.2) is 24.3 Å². The van der Waals surface area contributed by atoms with E-state index in [4.69, 9.17) is 5.11 Å². The number of Topliss-reactive ketones (excluding diaryl/α,β-unsaturated/α-hetero) is 1. The Morgan fingerprint density at radius 3 is 2.60 bits per heavy atom. The van der Waals surface area contributed by atoms with E-state index in [9.17, 15) is 19.8 Å². The Bertz CT molecular complexity index is 478. The van der Waals surface area contributed by atoms with Crippen molar-refractivity contribution in [1.29, 1.82) is 0 Å². The molecule has 0 heterocycles. The molecule has 0 unspecified atom stereocenters. The first-order valence-corrected chi connectivity index (χ1v) is 9.41. The topological polar surface area (TPSA) is 94.8 Å². The molecule has 5 heteroatoms. The molecule has 2 atom stereocenters. The number of aliphatic hydroxyl groups is 2. The lowest BCUT2D eigenvalue weighted by Gasteiger charge is -2.15. The minimum Gasteiger partial charge on any atom is -0.477 e. The van der Waals surface area contributed by atoms with Crippen LogP contribution in [-0.2, 0) is 9.59 Å². The average molecular weight is 352 g/mol. The number of carboxylic acid groups (broad SMARTS) is 1. The largest absolute Gasteiger partial charge is 0.477 e. The van der Waals surface area contributed by atoms with Crippen molar-refractivity contribution in [1.82, 2.24) is 0 Å².